The predicted molar refractivity (Wildman–Crippen MR) is 105 cm³/mol. The molecule has 0 aromatic heterocycles. The summed E-state index contributed by atoms with van der Waals surface area (Å²) in [6, 6.07) is 12.4. The van der Waals surface area contributed by atoms with Gasteiger partial charge in [-0.25, -0.2) is 13.1 Å². The maximum Gasteiger partial charge on any atom is 0.251 e. The second kappa shape index (κ2) is 9.32. The number of halogens is 1. The van der Waals surface area contributed by atoms with Gasteiger partial charge in [0.05, 0.1) is 17.5 Å². The highest BCUT2D eigenvalue weighted by Crippen LogP contribution is 2.18. The molecule has 0 aliphatic rings. The summed E-state index contributed by atoms with van der Waals surface area (Å²) in [5.41, 5.74) is 1.25. The van der Waals surface area contributed by atoms with Gasteiger partial charge in [-0.2, -0.15) is 0 Å². The van der Waals surface area contributed by atoms with Crippen molar-refractivity contribution in [3.63, 3.8) is 0 Å². The van der Waals surface area contributed by atoms with E-state index >= 15 is 0 Å². The van der Waals surface area contributed by atoms with Crippen molar-refractivity contribution in [2.24, 2.45) is 0 Å². The number of hydrogen-bond acceptors (Lipinski definition) is 4. The van der Waals surface area contributed by atoms with Crippen molar-refractivity contribution in [3.8, 4) is 0 Å². The van der Waals surface area contributed by atoms with Crippen LogP contribution in [0.4, 0.5) is 0 Å². The quantitative estimate of drug-likeness (QED) is 0.700. The van der Waals surface area contributed by atoms with E-state index < -0.39 is 10.0 Å². The molecule has 1 amide bonds. The zero-order valence-corrected chi connectivity index (χ0v) is 17.0. The fraction of sp³-hybridized carbons (Fsp3) is 0.316. The number of carbonyl (C=O) groups excluding carboxylic acids is 1. The van der Waals surface area contributed by atoms with Crippen LogP contribution < -0.4 is 10.0 Å². The van der Waals surface area contributed by atoms with E-state index in [4.69, 9.17) is 16.3 Å². The van der Waals surface area contributed by atoms with Crippen molar-refractivity contribution >= 4 is 27.5 Å². The summed E-state index contributed by atoms with van der Waals surface area (Å²) in [5, 5.41) is 3.46. The first-order valence-electron chi connectivity index (χ1n) is 8.40. The summed E-state index contributed by atoms with van der Waals surface area (Å²) in [6.45, 7) is 3.82. The van der Waals surface area contributed by atoms with Crippen LogP contribution in [0.3, 0.4) is 0 Å². The molecule has 0 bridgehead atoms. The van der Waals surface area contributed by atoms with Crippen LogP contribution in [0.25, 0.3) is 0 Å². The van der Waals surface area contributed by atoms with Crippen LogP contribution in [0.1, 0.15) is 35.8 Å². The molecule has 2 aromatic rings. The third-order valence-corrected chi connectivity index (χ3v) is 5.74. The van der Waals surface area contributed by atoms with Gasteiger partial charge in [0, 0.05) is 23.7 Å². The molecule has 0 unspecified atom stereocenters. The van der Waals surface area contributed by atoms with E-state index in [2.05, 4.69) is 10.0 Å². The molecular formula is C19H23ClN2O4S. The second-order valence-electron chi connectivity index (χ2n) is 6.25. The summed E-state index contributed by atoms with van der Waals surface area (Å²) < 4.78 is 32.1. The van der Waals surface area contributed by atoms with Gasteiger partial charge in [-0.05, 0) is 55.8 Å². The Kier molecular flexibility index (Phi) is 7.38. The number of carbonyl (C=O) groups is 1. The first kappa shape index (κ1) is 21.4. The van der Waals surface area contributed by atoms with Gasteiger partial charge in [-0.3, -0.25) is 4.79 Å². The Bertz CT molecular complexity index is 885. The lowest BCUT2D eigenvalue weighted by molar-refractivity contribution is 0.0940. The van der Waals surface area contributed by atoms with Crippen LogP contribution in [0.15, 0.2) is 53.4 Å². The van der Waals surface area contributed by atoms with Crippen LogP contribution in [-0.4, -0.2) is 34.1 Å². The van der Waals surface area contributed by atoms with Gasteiger partial charge in [0.1, 0.15) is 0 Å². The molecule has 2 aromatic carbocycles. The molecule has 27 heavy (non-hydrogen) atoms. The zero-order chi connectivity index (χ0) is 20.0. The Morgan fingerprint density at radius 2 is 1.81 bits per heavy atom. The molecule has 0 saturated heterocycles. The van der Waals surface area contributed by atoms with Gasteiger partial charge < -0.3 is 10.1 Å². The van der Waals surface area contributed by atoms with E-state index in [1.54, 1.807) is 19.1 Å². The molecule has 8 heteroatoms. The van der Waals surface area contributed by atoms with Crippen molar-refractivity contribution in [2.45, 2.75) is 30.8 Å². The average Bonchev–Trinajstić information content (AvgIpc) is 2.61. The molecular weight excluding hydrogens is 388 g/mol. The fourth-order valence-corrected chi connectivity index (χ4v) is 3.97. The SMILES string of the molecule is COC[C@@H](C)NS(=O)(=O)c1ccc(C(=O)N[C@@H](C)c2cccc(Cl)c2)cc1. The molecule has 0 aliphatic carbocycles. The number of amides is 1. The van der Waals surface area contributed by atoms with Crippen LogP contribution in [0.5, 0.6) is 0 Å². The van der Waals surface area contributed by atoms with E-state index in [0.29, 0.717) is 10.6 Å². The average molecular weight is 411 g/mol. The first-order valence-corrected chi connectivity index (χ1v) is 10.3. The maximum absolute atomic E-state index is 12.4. The fourth-order valence-electron chi connectivity index (χ4n) is 2.54. The van der Waals surface area contributed by atoms with E-state index in [-0.39, 0.29) is 29.5 Å². The lowest BCUT2D eigenvalue weighted by atomic mass is 10.1. The normalized spacial score (nSPS) is 13.8. The Labute approximate surface area is 164 Å². The largest absolute Gasteiger partial charge is 0.383 e. The minimum absolute atomic E-state index is 0.0879. The Morgan fingerprint density at radius 3 is 2.41 bits per heavy atom. The molecule has 0 fully saturated rings. The van der Waals surface area contributed by atoms with Crippen molar-refractivity contribution in [1.82, 2.24) is 10.0 Å². The second-order valence-corrected chi connectivity index (χ2v) is 8.40. The zero-order valence-electron chi connectivity index (χ0n) is 15.4. The molecule has 0 aliphatic heterocycles. The molecule has 0 radical (unpaired) electrons. The van der Waals surface area contributed by atoms with Crippen LogP contribution in [-0.2, 0) is 14.8 Å². The number of sulfonamides is 1. The molecule has 2 rings (SSSR count). The number of hydrogen-bond donors (Lipinski definition) is 2. The number of nitrogens with one attached hydrogen (secondary N) is 2. The lowest BCUT2D eigenvalue weighted by Gasteiger charge is -2.15. The van der Waals surface area contributed by atoms with Gasteiger partial charge in [-0.1, -0.05) is 23.7 Å². The van der Waals surface area contributed by atoms with Crippen molar-refractivity contribution in [2.75, 3.05) is 13.7 Å². The van der Waals surface area contributed by atoms with Crippen LogP contribution in [0.2, 0.25) is 5.02 Å². The highest BCUT2D eigenvalue weighted by atomic mass is 35.5. The number of methoxy groups -OCH3 is 1. The van der Waals surface area contributed by atoms with E-state index in [9.17, 15) is 13.2 Å². The van der Waals surface area contributed by atoms with Gasteiger partial charge in [0.15, 0.2) is 0 Å². The van der Waals surface area contributed by atoms with Crippen molar-refractivity contribution in [3.05, 3.63) is 64.7 Å². The van der Waals surface area contributed by atoms with Gasteiger partial charge in [-0.15, -0.1) is 0 Å². The number of rotatable bonds is 8. The molecule has 146 valence electrons. The van der Waals surface area contributed by atoms with Crippen LogP contribution >= 0.6 is 11.6 Å². The third-order valence-electron chi connectivity index (χ3n) is 3.90. The van der Waals surface area contributed by atoms with Gasteiger partial charge in [0.2, 0.25) is 10.0 Å². The van der Waals surface area contributed by atoms with Crippen LogP contribution in [0, 0.1) is 0 Å². The van der Waals surface area contributed by atoms with E-state index in [1.807, 2.05) is 19.1 Å². The third kappa shape index (κ3) is 6.04. The minimum atomic E-state index is -3.67. The van der Waals surface area contributed by atoms with E-state index in [1.165, 1.54) is 31.4 Å². The predicted octanol–water partition coefficient (Wildman–Crippen LogP) is 3.14. The molecule has 6 nitrogen and oxygen atoms in total. The monoisotopic (exact) mass is 410 g/mol. The topological polar surface area (TPSA) is 84.5 Å². The summed E-state index contributed by atoms with van der Waals surface area (Å²) in [4.78, 5) is 12.5. The smallest absolute Gasteiger partial charge is 0.251 e. The first-order chi connectivity index (χ1) is 12.7. The summed E-state index contributed by atoms with van der Waals surface area (Å²) in [7, 11) is -2.17. The standard InChI is InChI=1S/C19H23ClN2O4S/c1-13(12-26-3)22-27(24,25)18-9-7-15(8-10-18)19(23)21-14(2)16-5-4-6-17(20)11-16/h4-11,13-14,22H,12H2,1-3H3,(H,21,23)/t13-,14+/m1/s1. The Morgan fingerprint density at radius 1 is 1.15 bits per heavy atom. The highest BCUT2D eigenvalue weighted by Gasteiger charge is 2.18. The maximum atomic E-state index is 12.4. The Hall–Kier alpha value is -1.93. The van der Waals surface area contributed by atoms with E-state index in [0.717, 1.165) is 5.56 Å². The molecule has 0 spiro atoms. The minimum Gasteiger partial charge on any atom is -0.383 e. The van der Waals surface area contributed by atoms with Crippen molar-refractivity contribution in [1.29, 1.82) is 0 Å². The van der Waals surface area contributed by atoms with Gasteiger partial charge >= 0.3 is 0 Å². The molecule has 0 heterocycles. The summed E-state index contributed by atoms with van der Waals surface area (Å²) in [6.07, 6.45) is 0. The summed E-state index contributed by atoms with van der Waals surface area (Å²) >= 11 is 5.97. The highest BCUT2D eigenvalue weighted by molar-refractivity contribution is 7.89. The Balaban J connectivity index is 2.06. The lowest BCUT2D eigenvalue weighted by Crippen LogP contribution is -2.35. The molecule has 0 saturated carbocycles. The van der Waals surface area contributed by atoms with Crippen molar-refractivity contribution < 1.29 is 17.9 Å². The molecule has 2 N–H and O–H groups in total. The van der Waals surface area contributed by atoms with Gasteiger partial charge in [0.25, 0.3) is 5.91 Å². The number of ether oxygens (including phenoxy) is 1. The summed E-state index contributed by atoms with van der Waals surface area (Å²) in [5.74, 6) is -0.299. The molecule has 2 atom stereocenters. The number of benzene rings is 2.